The summed E-state index contributed by atoms with van der Waals surface area (Å²) in [6.07, 6.45) is 0. The topological polar surface area (TPSA) is 54.8 Å². The van der Waals surface area contributed by atoms with Gasteiger partial charge < -0.3 is 4.90 Å². The first-order valence-corrected chi connectivity index (χ1v) is 18.9. The van der Waals surface area contributed by atoms with E-state index in [9.17, 15) is 0 Å². The Morgan fingerprint density at radius 3 is 1.42 bits per heavy atom. The first-order chi connectivity index (χ1) is 26.8. The largest absolute Gasteiger partial charge is 0.310 e. The van der Waals surface area contributed by atoms with Crippen molar-refractivity contribution < 1.29 is 0 Å². The van der Waals surface area contributed by atoms with E-state index >= 15 is 0 Å². The zero-order chi connectivity index (χ0) is 37.3. The highest BCUT2D eigenvalue weighted by atomic mass is 15.1. The van der Waals surface area contributed by atoms with Gasteiger partial charge in [0.05, 0.1) is 11.4 Å². The van der Waals surface area contributed by atoms with Gasteiger partial charge in [-0.05, 0) is 70.8 Å². The van der Waals surface area contributed by atoms with E-state index in [0.717, 1.165) is 45.1 Å². The van der Waals surface area contributed by atoms with Crippen LogP contribution in [0.3, 0.4) is 0 Å². The molecule has 0 bridgehead atoms. The van der Waals surface area contributed by atoms with Crippen LogP contribution in [0.2, 0.25) is 0 Å². The molecular formula is C50H39N5. The predicted molar refractivity (Wildman–Crippen MR) is 224 cm³/mol. The van der Waals surface area contributed by atoms with Crippen LogP contribution in [0.15, 0.2) is 164 Å². The molecule has 55 heavy (non-hydrogen) atoms. The summed E-state index contributed by atoms with van der Waals surface area (Å²) in [5.74, 6) is 1.97. The molecule has 0 N–H and O–H groups in total. The second-order valence-electron chi connectivity index (χ2n) is 15.6. The number of aromatic nitrogens is 4. The molecule has 8 aromatic rings. The highest BCUT2D eigenvalue weighted by Gasteiger charge is 2.43. The molecule has 0 atom stereocenters. The fourth-order valence-corrected chi connectivity index (χ4v) is 8.52. The molecule has 2 aliphatic rings. The van der Waals surface area contributed by atoms with Crippen LogP contribution >= 0.6 is 0 Å². The Morgan fingerprint density at radius 2 is 0.855 bits per heavy atom. The van der Waals surface area contributed by atoms with Crippen LogP contribution in [-0.4, -0.2) is 19.9 Å². The quantitative estimate of drug-likeness (QED) is 0.172. The van der Waals surface area contributed by atoms with Gasteiger partial charge in [-0.1, -0.05) is 143 Å². The molecule has 0 saturated carbocycles. The summed E-state index contributed by atoms with van der Waals surface area (Å²) in [5.41, 5.74) is 15.3. The number of pyridine rings is 1. The van der Waals surface area contributed by atoms with Crippen LogP contribution < -0.4 is 4.90 Å². The predicted octanol–water partition coefficient (Wildman–Crippen LogP) is 12.3. The van der Waals surface area contributed by atoms with Gasteiger partial charge in [-0.2, -0.15) is 0 Å². The number of para-hydroxylation sites is 2. The fraction of sp³-hybridized carbons (Fsp3) is 0.120. The van der Waals surface area contributed by atoms with Crippen molar-refractivity contribution in [2.45, 2.75) is 38.5 Å². The second-order valence-corrected chi connectivity index (χ2v) is 15.6. The summed E-state index contributed by atoms with van der Waals surface area (Å²) in [4.78, 5) is 22.9. The summed E-state index contributed by atoms with van der Waals surface area (Å²) < 4.78 is 0. The Labute approximate surface area is 322 Å². The van der Waals surface area contributed by atoms with Gasteiger partial charge in [0.15, 0.2) is 17.5 Å². The van der Waals surface area contributed by atoms with Crippen LogP contribution in [0.1, 0.15) is 50.1 Å². The van der Waals surface area contributed by atoms with Crippen molar-refractivity contribution in [1.29, 1.82) is 0 Å². The van der Waals surface area contributed by atoms with Crippen molar-refractivity contribution in [3.05, 3.63) is 186 Å². The molecule has 0 amide bonds. The van der Waals surface area contributed by atoms with Gasteiger partial charge in [0.1, 0.15) is 0 Å². The Bertz CT molecular complexity index is 2640. The molecule has 5 heteroatoms. The summed E-state index contributed by atoms with van der Waals surface area (Å²) in [6.45, 7) is 9.26. The van der Waals surface area contributed by atoms with Gasteiger partial charge in [0.25, 0.3) is 0 Å². The summed E-state index contributed by atoms with van der Waals surface area (Å²) in [6, 6.07) is 57.4. The summed E-state index contributed by atoms with van der Waals surface area (Å²) in [7, 11) is 0. The van der Waals surface area contributed by atoms with Gasteiger partial charge >= 0.3 is 0 Å². The van der Waals surface area contributed by atoms with E-state index in [-0.39, 0.29) is 10.8 Å². The average molecular weight is 710 g/mol. The lowest BCUT2D eigenvalue weighted by Gasteiger charge is -2.27. The first-order valence-electron chi connectivity index (χ1n) is 18.9. The molecule has 0 spiro atoms. The molecule has 6 aromatic carbocycles. The Hall–Kier alpha value is -6.72. The number of fused-ring (bicyclic) bond motifs is 6. The third-order valence-electron chi connectivity index (χ3n) is 11.4. The van der Waals surface area contributed by atoms with E-state index in [1.54, 1.807) is 0 Å². The minimum atomic E-state index is -0.297. The van der Waals surface area contributed by atoms with Crippen LogP contribution in [0.25, 0.3) is 56.5 Å². The van der Waals surface area contributed by atoms with E-state index in [2.05, 4.69) is 136 Å². The molecule has 0 radical (unpaired) electrons. The smallest absolute Gasteiger partial charge is 0.164 e. The zero-order valence-corrected chi connectivity index (χ0v) is 31.3. The summed E-state index contributed by atoms with van der Waals surface area (Å²) >= 11 is 0. The maximum absolute atomic E-state index is 5.58. The van der Waals surface area contributed by atoms with Gasteiger partial charge in [-0.3, -0.25) is 4.98 Å². The average Bonchev–Trinajstić information content (AvgIpc) is 3.59. The molecule has 0 saturated heterocycles. The number of nitrogens with zero attached hydrogens (tertiary/aromatic N) is 5. The van der Waals surface area contributed by atoms with Crippen LogP contribution in [-0.2, 0) is 10.8 Å². The fourth-order valence-electron chi connectivity index (χ4n) is 8.52. The summed E-state index contributed by atoms with van der Waals surface area (Å²) in [5, 5.41) is 0. The molecule has 0 unspecified atom stereocenters. The third-order valence-corrected chi connectivity index (χ3v) is 11.4. The van der Waals surface area contributed by atoms with E-state index in [4.69, 9.17) is 19.9 Å². The Balaban J connectivity index is 1.06. The Morgan fingerprint density at radius 1 is 0.364 bits per heavy atom. The lowest BCUT2D eigenvalue weighted by atomic mass is 9.81. The number of hydrogen-bond acceptors (Lipinski definition) is 5. The maximum atomic E-state index is 5.58. The van der Waals surface area contributed by atoms with Crippen molar-refractivity contribution in [2.24, 2.45) is 0 Å². The molecule has 2 aromatic heterocycles. The van der Waals surface area contributed by atoms with Crippen molar-refractivity contribution >= 4 is 17.1 Å². The molecule has 0 fully saturated rings. The van der Waals surface area contributed by atoms with Gasteiger partial charge in [0, 0.05) is 55.7 Å². The highest BCUT2D eigenvalue weighted by Crippen LogP contribution is 2.55. The molecule has 0 aliphatic heterocycles. The molecule has 2 heterocycles. The molecule has 5 nitrogen and oxygen atoms in total. The molecule has 2 aliphatic carbocycles. The maximum Gasteiger partial charge on any atom is 0.164 e. The molecular weight excluding hydrogens is 671 g/mol. The van der Waals surface area contributed by atoms with E-state index in [1.807, 2.05) is 60.7 Å². The van der Waals surface area contributed by atoms with Gasteiger partial charge in [-0.25, -0.2) is 15.0 Å². The second kappa shape index (κ2) is 12.4. The highest BCUT2D eigenvalue weighted by molar-refractivity contribution is 5.89. The number of benzene rings is 6. The number of rotatable bonds is 6. The van der Waals surface area contributed by atoms with E-state index in [1.165, 1.54) is 33.4 Å². The molecule has 264 valence electrons. The molecule has 10 rings (SSSR count). The lowest BCUT2D eigenvalue weighted by Crippen LogP contribution is -2.19. The monoisotopic (exact) mass is 709 g/mol. The first kappa shape index (κ1) is 32.9. The van der Waals surface area contributed by atoms with Crippen LogP contribution in [0.5, 0.6) is 0 Å². The van der Waals surface area contributed by atoms with Crippen molar-refractivity contribution in [3.8, 4) is 56.5 Å². The SMILES string of the molecule is CC1(C)c2cc(-c3nc(-c4ccccc4)nc(-c4ccccc4)n3)ccc2-c2nc3c(cc21)-c1ccc(N(c2ccccc2)c2ccccc2)cc1C3(C)C. The third kappa shape index (κ3) is 5.30. The van der Waals surface area contributed by atoms with E-state index in [0.29, 0.717) is 17.5 Å². The van der Waals surface area contributed by atoms with Crippen LogP contribution in [0, 0.1) is 0 Å². The van der Waals surface area contributed by atoms with Crippen molar-refractivity contribution in [2.75, 3.05) is 4.90 Å². The number of anilines is 3. The normalized spacial score (nSPS) is 14.1. The van der Waals surface area contributed by atoms with Crippen LogP contribution in [0.4, 0.5) is 17.1 Å². The number of hydrogen-bond donors (Lipinski definition) is 0. The minimum Gasteiger partial charge on any atom is -0.310 e. The van der Waals surface area contributed by atoms with Crippen molar-refractivity contribution in [3.63, 3.8) is 0 Å². The van der Waals surface area contributed by atoms with Crippen molar-refractivity contribution in [1.82, 2.24) is 19.9 Å². The van der Waals surface area contributed by atoms with Gasteiger partial charge in [-0.15, -0.1) is 0 Å². The Kier molecular flexibility index (Phi) is 7.43. The zero-order valence-electron chi connectivity index (χ0n) is 31.3. The lowest BCUT2D eigenvalue weighted by molar-refractivity contribution is 0.631. The standard InChI is InChI=1S/C50H39N5/c1-49(2)41-29-34(48-53-46(32-17-9-5-10-18-32)52-47(54-48)33-19-11-6-12-20-33)25-27-39(41)44-43(49)31-40-38-28-26-37(30-42(38)50(3,4)45(40)51-44)55(35-21-13-7-14-22-35)36-23-15-8-16-24-36/h5-31H,1-4H3. The van der Waals surface area contributed by atoms with E-state index < -0.39 is 0 Å². The van der Waals surface area contributed by atoms with Gasteiger partial charge in [0.2, 0.25) is 0 Å². The minimum absolute atomic E-state index is 0.287.